The van der Waals surface area contributed by atoms with Crippen LogP contribution in [0.4, 0.5) is 0 Å². The van der Waals surface area contributed by atoms with Gasteiger partial charge in [-0.1, -0.05) is 17.9 Å². The van der Waals surface area contributed by atoms with Gasteiger partial charge in [0.15, 0.2) is 0 Å². The van der Waals surface area contributed by atoms with Crippen molar-refractivity contribution in [3.8, 4) is 11.8 Å². The van der Waals surface area contributed by atoms with Gasteiger partial charge < -0.3 is 11.1 Å². The average molecular weight is 306 g/mol. The van der Waals surface area contributed by atoms with Crippen LogP contribution < -0.4 is 11.1 Å². The second-order valence-electron chi connectivity index (χ2n) is 5.00. The highest BCUT2D eigenvalue weighted by Gasteiger charge is 2.13. The number of amides is 1. The summed E-state index contributed by atoms with van der Waals surface area (Å²) < 4.78 is 11.1. The van der Waals surface area contributed by atoms with E-state index >= 15 is 0 Å². The highest BCUT2D eigenvalue weighted by atomic mass is 32.2. The third kappa shape index (κ3) is 6.11. The van der Waals surface area contributed by atoms with E-state index in [2.05, 4.69) is 17.2 Å². The number of carbonyl (C=O) groups excluding carboxylic acids is 1. The summed E-state index contributed by atoms with van der Waals surface area (Å²) in [6, 6.07) is 5.51. The van der Waals surface area contributed by atoms with Crippen molar-refractivity contribution in [1.82, 2.24) is 5.32 Å². The predicted molar refractivity (Wildman–Crippen MR) is 87.6 cm³/mol. The molecular formula is C16H22N2O2S. The van der Waals surface area contributed by atoms with E-state index in [0.717, 1.165) is 5.56 Å². The Morgan fingerprint density at radius 2 is 2.19 bits per heavy atom. The molecule has 0 bridgehead atoms. The molecule has 0 aliphatic carbocycles. The zero-order chi connectivity index (χ0) is 15.8. The quantitative estimate of drug-likeness (QED) is 0.803. The van der Waals surface area contributed by atoms with Gasteiger partial charge in [0.25, 0.3) is 5.91 Å². The molecule has 0 spiro atoms. The lowest BCUT2D eigenvalue weighted by molar-refractivity contribution is 0.0939. The van der Waals surface area contributed by atoms with Crippen LogP contribution >= 0.6 is 0 Å². The minimum atomic E-state index is -0.845. The Bertz CT molecular complexity index is 588. The normalized spacial score (nSPS) is 13.0. The van der Waals surface area contributed by atoms with Crippen molar-refractivity contribution in [1.29, 1.82) is 0 Å². The number of nitrogens with two attached hydrogens (primary N) is 1. The van der Waals surface area contributed by atoms with Crippen LogP contribution in [-0.2, 0) is 10.8 Å². The summed E-state index contributed by atoms with van der Waals surface area (Å²) in [5.74, 6) is 6.13. The van der Waals surface area contributed by atoms with E-state index in [-0.39, 0.29) is 18.5 Å². The summed E-state index contributed by atoms with van der Waals surface area (Å²) >= 11 is 0. The van der Waals surface area contributed by atoms with E-state index in [1.807, 2.05) is 26.0 Å². The Morgan fingerprint density at radius 1 is 1.48 bits per heavy atom. The molecule has 5 heteroatoms. The number of carbonyl (C=O) groups is 1. The van der Waals surface area contributed by atoms with Gasteiger partial charge in [-0.3, -0.25) is 9.00 Å². The minimum Gasteiger partial charge on any atom is -0.350 e. The monoisotopic (exact) mass is 306 g/mol. The molecule has 0 fully saturated rings. The topological polar surface area (TPSA) is 72.2 Å². The van der Waals surface area contributed by atoms with Crippen LogP contribution in [0, 0.1) is 18.8 Å². The van der Waals surface area contributed by atoms with Gasteiger partial charge in [-0.05, 0) is 38.0 Å². The average Bonchev–Trinajstić information content (AvgIpc) is 2.42. The fourth-order valence-electron chi connectivity index (χ4n) is 1.82. The molecule has 1 aromatic carbocycles. The second kappa shape index (κ2) is 8.60. The van der Waals surface area contributed by atoms with Crippen molar-refractivity contribution < 1.29 is 9.00 Å². The van der Waals surface area contributed by atoms with Gasteiger partial charge in [-0.2, -0.15) is 0 Å². The largest absolute Gasteiger partial charge is 0.350 e. The molecule has 0 aliphatic heterocycles. The van der Waals surface area contributed by atoms with Crippen molar-refractivity contribution in [2.75, 3.05) is 18.6 Å². The summed E-state index contributed by atoms with van der Waals surface area (Å²) in [6.07, 6.45) is 2.35. The smallest absolute Gasteiger partial charge is 0.252 e. The van der Waals surface area contributed by atoms with Crippen LogP contribution in [0.1, 0.15) is 34.8 Å². The molecule has 1 amide bonds. The molecule has 0 saturated heterocycles. The van der Waals surface area contributed by atoms with E-state index in [1.165, 1.54) is 0 Å². The molecule has 4 nitrogen and oxygen atoms in total. The number of hydrogen-bond acceptors (Lipinski definition) is 3. The summed E-state index contributed by atoms with van der Waals surface area (Å²) in [7, 11) is -0.845. The molecule has 114 valence electrons. The predicted octanol–water partition coefficient (Wildman–Crippen LogP) is 1.19. The van der Waals surface area contributed by atoms with Crippen molar-refractivity contribution in [3.63, 3.8) is 0 Å². The lowest BCUT2D eigenvalue weighted by Crippen LogP contribution is -2.34. The van der Waals surface area contributed by atoms with Crippen LogP contribution in [0.5, 0.6) is 0 Å². The minimum absolute atomic E-state index is 0.0296. The maximum Gasteiger partial charge on any atom is 0.252 e. The lowest BCUT2D eigenvalue weighted by atomic mass is 10.0. The number of benzene rings is 1. The zero-order valence-electron chi connectivity index (χ0n) is 12.7. The summed E-state index contributed by atoms with van der Waals surface area (Å²) in [5, 5.41) is 2.92. The molecular weight excluding hydrogens is 284 g/mol. The van der Waals surface area contributed by atoms with Crippen LogP contribution in [0.2, 0.25) is 0 Å². The van der Waals surface area contributed by atoms with Gasteiger partial charge >= 0.3 is 0 Å². The molecule has 3 N–H and O–H groups in total. The van der Waals surface area contributed by atoms with E-state index in [0.29, 0.717) is 23.3 Å². The van der Waals surface area contributed by atoms with E-state index in [9.17, 15) is 9.00 Å². The molecule has 0 saturated carbocycles. The summed E-state index contributed by atoms with van der Waals surface area (Å²) in [6.45, 7) is 4.12. The van der Waals surface area contributed by atoms with Crippen molar-refractivity contribution in [2.45, 2.75) is 26.3 Å². The zero-order valence-corrected chi connectivity index (χ0v) is 13.5. The number of rotatable bonds is 5. The van der Waals surface area contributed by atoms with Crippen LogP contribution in [0.25, 0.3) is 0 Å². The molecule has 21 heavy (non-hydrogen) atoms. The fourth-order valence-corrected chi connectivity index (χ4v) is 2.51. The Balaban J connectivity index is 2.84. The fraction of sp³-hybridized carbons (Fsp3) is 0.438. The van der Waals surface area contributed by atoms with Crippen molar-refractivity contribution in [2.24, 2.45) is 5.73 Å². The Labute approximate surface area is 129 Å². The first-order chi connectivity index (χ1) is 9.93. The number of hydrogen-bond donors (Lipinski definition) is 2. The van der Waals surface area contributed by atoms with Crippen LogP contribution in [0.15, 0.2) is 18.2 Å². The molecule has 0 heterocycles. The first kappa shape index (κ1) is 17.4. The van der Waals surface area contributed by atoms with Gasteiger partial charge in [-0.25, -0.2) is 0 Å². The Kier molecular flexibility index (Phi) is 7.13. The van der Waals surface area contributed by atoms with Gasteiger partial charge in [0, 0.05) is 34.4 Å². The third-order valence-corrected chi connectivity index (χ3v) is 3.77. The molecule has 0 aromatic heterocycles. The van der Waals surface area contributed by atoms with Crippen molar-refractivity contribution in [3.05, 3.63) is 34.9 Å². The molecule has 2 unspecified atom stereocenters. The summed E-state index contributed by atoms with van der Waals surface area (Å²) in [5.41, 5.74) is 7.66. The van der Waals surface area contributed by atoms with Gasteiger partial charge in [-0.15, -0.1) is 0 Å². The molecule has 0 aliphatic rings. The summed E-state index contributed by atoms with van der Waals surface area (Å²) in [4.78, 5) is 12.3. The Morgan fingerprint density at radius 3 is 2.81 bits per heavy atom. The van der Waals surface area contributed by atoms with Crippen molar-refractivity contribution >= 4 is 16.7 Å². The first-order valence-corrected chi connectivity index (χ1v) is 8.57. The number of aryl methyl sites for hydroxylation is 1. The second-order valence-corrected chi connectivity index (χ2v) is 6.55. The van der Waals surface area contributed by atoms with Crippen LogP contribution in [0.3, 0.4) is 0 Å². The molecule has 0 radical (unpaired) electrons. The van der Waals surface area contributed by atoms with Crippen LogP contribution in [-0.4, -0.2) is 34.7 Å². The highest BCUT2D eigenvalue weighted by Crippen LogP contribution is 2.11. The van der Waals surface area contributed by atoms with Gasteiger partial charge in [0.05, 0.1) is 12.1 Å². The van der Waals surface area contributed by atoms with E-state index in [4.69, 9.17) is 5.73 Å². The lowest BCUT2D eigenvalue weighted by Gasteiger charge is -2.14. The standard InChI is InChI=1S/C16H22N2O2S/c1-12-6-7-15(14(11-12)5-4-9-17)16(19)18-13(2)8-10-21(3)20/h6-7,11,13H,8-10,17H2,1-3H3,(H,18,19). The molecule has 1 aromatic rings. The molecule has 2 atom stereocenters. The molecule has 1 rings (SSSR count). The third-order valence-electron chi connectivity index (χ3n) is 2.96. The Hall–Kier alpha value is -1.64. The maximum atomic E-state index is 12.3. The SMILES string of the molecule is Cc1ccc(C(=O)NC(C)CCS(C)=O)c(C#CCN)c1. The van der Waals surface area contributed by atoms with E-state index in [1.54, 1.807) is 12.3 Å². The highest BCUT2D eigenvalue weighted by molar-refractivity contribution is 7.84. The number of nitrogens with one attached hydrogen (secondary N) is 1. The maximum absolute atomic E-state index is 12.3. The van der Waals surface area contributed by atoms with Gasteiger partial charge in [0.2, 0.25) is 0 Å². The first-order valence-electron chi connectivity index (χ1n) is 6.84. The van der Waals surface area contributed by atoms with E-state index < -0.39 is 10.8 Å². The van der Waals surface area contributed by atoms with Gasteiger partial charge in [0.1, 0.15) is 0 Å².